The van der Waals surface area contributed by atoms with Crippen molar-refractivity contribution in [1.82, 2.24) is 15.5 Å². The first-order valence-electron chi connectivity index (χ1n) is 10.6. The molecular formula is C23H29N3O2. The fourth-order valence-corrected chi connectivity index (χ4v) is 6.69. The molecule has 2 aromatic rings. The van der Waals surface area contributed by atoms with Crippen LogP contribution in [0.4, 0.5) is 0 Å². The monoisotopic (exact) mass is 379 g/mol. The Labute approximate surface area is 166 Å². The summed E-state index contributed by atoms with van der Waals surface area (Å²) in [6.07, 6.45) is 7.53. The molecule has 0 spiro atoms. The van der Waals surface area contributed by atoms with Crippen LogP contribution in [0.3, 0.4) is 0 Å². The Morgan fingerprint density at radius 2 is 1.86 bits per heavy atom. The first kappa shape index (κ1) is 17.9. The number of carbonyl (C=O) groups is 1. The highest BCUT2D eigenvalue weighted by atomic mass is 16.5. The third kappa shape index (κ3) is 2.96. The molecule has 6 rings (SSSR count). The number of aryl methyl sites for hydroxylation is 2. The number of amides is 1. The summed E-state index contributed by atoms with van der Waals surface area (Å²) in [4.78, 5) is 17.6. The maximum Gasteiger partial charge on any atom is 0.228 e. The van der Waals surface area contributed by atoms with Crippen molar-refractivity contribution in [2.24, 2.45) is 17.3 Å². The Balaban J connectivity index is 1.34. The van der Waals surface area contributed by atoms with Gasteiger partial charge in [-0.15, -0.1) is 0 Å². The van der Waals surface area contributed by atoms with Crippen molar-refractivity contribution in [1.29, 1.82) is 0 Å². The summed E-state index contributed by atoms with van der Waals surface area (Å²) in [5.41, 5.74) is 2.75. The Morgan fingerprint density at radius 1 is 1.14 bits per heavy atom. The lowest BCUT2D eigenvalue weighted by molar-refractivity contribution is -0.149. The Hall–Kier alpha value is -2.17. The largest absolute Gasteiger partial charge is 0.355 e. The number of hydrogen-bond acceptors (Lipinski definition) is 4. The standard InChI is InChI=1S/C23H29N3O2/c1-15-3-5-19(6-4-15)22-10-17-9-18(11-22)13-23(12-17,14-22)21(27)24-8-7-20-25-16(2)26-28-20/h3-6,17-18H,7-14H2,1-2H3,(H,24,27). The van der Waals surface area contributed by atoms with E-state index in [0.29, 0.717) is 36.5 Å². The number of benzene rings is 1. The van der Waals surface area contributed by atoms with Gasteiger partial charge in [-0.25, -0.2) is 0 Å². The van der Waals surface area contributed by atoms with Crippen molar-refractivity contribution >= 4 is 5.91 Å². The van der Waals surface area contributed by atoms with Gasteiger partial charge in [-0.1, -0.05) is 35.0 Å². The highest BCUT2D eigenvalue weighted by molar-refractivity contribution is 5.83. The second kappa shape index (κ2) is 6.43. The topological polar surface area (TPSA) is 68.0 Å². The second-order valence-electron chi connectivity index (χ2n) is 9.63. The minimum absolute atomic E-state index is 0.193. The molecule has 0 radical (unpaired) electrons. The van der Waals surface area contributed by atoms with Crippen LogP contribution in [0.1, 0.15) is 61.4 Å². The summed E-state index contributed by atoms with van der Waals surface area (Å²) >= 11 is 0. The van der Waals surface area contributed by atoms with Crippen molar-refractivity contribution in [3.63, 3.8) is 0 Å². The van der Waals surface area contributed by atoms with Crippen LogP contribution in [-0.4, -0.2) is 22.6 Å². The Morgan fingerprint density at radius 3 is 2.50 bits per heavy atom. The van der Waals surface area contributed by atoms with Gasteiger partial charge < -0.3 is 9.84 Å². The average Bonchev–Trinajstić information content (AvgIpc) is 3.06. The SMILES string of the molecule is Cc1ccc(C23CC4CC(CC(C(=O)NCCc5nc(C)no5)(C4)C2)C3)cc1. The van der Waals surface area contributed by atoms with E-state index in [1.807, 2.05) is 6.92 Å². The third-order valence-electron chi connectivity index (χ3n) is 7.40. The molecule has 5 heteroatoms. The van der Waals surface area contributed by atoms with Crippen molar-refractivity contribution in [3.8, 4) is 0 Å². The van der Waals surface area contributed by atoms with E-state index < -0.39 is 0 Å². The molecule has 1 aromatic heterocycles. The lowest BCUT2D eigenvalue weighted by atomic mass is 9.42. The third-order valence-corrected chi connectivity index (χ3v) is 7.40. The van der Waals surface area contributed by atoms with Gasteiger partial charge in [0.25, 0.3) is 0 Å². The fourth-order valence-electron chi connectivity index (χ4n) is 6.69. The first-order chi connectivity index (χ1) is 13.5. The minimum Gasteiger partial charge on any atom is -0.355 e. The highest BCUT2D eigenvalue weighted by Gasteiger charge is 2.60. The van der Waals surface area contributed by atoms with E-state index in [-0.39, 0.29) is 16.7 Å². The van der Waals surface area contributed by atoms with Gasteiger partial charge in [-0.3, -0.25) is 4.79 Å². The second-order valence-corrected chi connectivity index (χ2v) is 9.63. The smallest absolute Gasteiger partial charge is 0.228 e. The molecule has 5 nitrogen and oxygen atoms in total. The van der Waals surface area contributed by atoms with Crippen LogP contribution in [0.25, 0.3) is 0 Å². The molecule has 4 fully saturated rings. The number of carbonyl (C=O) groups excluding carboxylic acids is 1. The summed E-state index contributed by atoms with van der Waals surface area (Å²) in [5.74, 6) is 2.86. The molecular weight excluding hydrogens is 350 g/mol. The number of hydrogen-bond donors (Lipinski definition) is 1. The number of nitrogens with one attached hydrogen (secondary N) is 1. The van der Waals surface area contributed by atoms with E-state index in [1.165, 1.54) is 30.4 Å². The molecule has 28 heavy (non-hydrogen) atoms. The zero-order chi connectivity index (χ0) is 19.4. The van der Waals surface area contributed by atoms with Gasteiger partial charge in [0.1, 0.15) is 0 Å². The minimum atomic E-state index is -0.195. The predicted molar refractivity (Wildman–Crippen MR) is 106 cm³/mol. The zero-order valence-corrected chi connectivity index (χ0v) is 16.8. The zero-order valence-electron chi connectivity index (χ0n) is 16.8. The van der Waals surface area contributed by atoms with E-state index >= 15 is 0 Å². The van der Waals surface area contributed by atoms with E-state index in [1.54, 1.807) is 0 Å². The molecule has 4 saturated carbocycles. The number of nitrogens with zero attached hydrogens (tertiary/aromatic N) is 2. The predicted octanol–water partition coefficient (Wildman–Crippen LogP) is 3.88. The van der Waals surface area contributed by atoms with Crippen molar-refractivity contribution < 1.29 is 9.32 Å². The highest BCUT2D eigenvalue weighted by Crippen LogP contribution is 2.65. The van der Waals surface area contributed by atoms with E-state index in [9.17, 15) is 4.79 Å². The van der Waals surface area contributed by atoms with Gasteiger partial charge in [-0.2, -0.15) is 4.98 Å². The summed E-state index contributed by atoms with van der Waals surface area (Å²) in [5, 5.41) is 7.03. The fraction of sp³-hybridized carbons (Fsp3) is 0.609. The molecule has 4 bridgehead atoms. The van der Waals surface area contributed by atoms with Crippen LogP contribution in [0, 0.1) is 31.1 Å². The van der Waals surface area contributed by atoms with E-state index in [0.717, 1.165) is 19.3 Å². The van der Waals surface area contributed by atoms with Crippen LogP contribution in [0.2, 0.25) is 0 Å². The van der Waals surface area contributed by atoms with Gasteiger partial charge in [-0.05, 0) is 75.2 Å². The molecule has 1 N–H and O–H groups in total. The Bertz CT molecular complexity index is 872. The van der Waals surface area contributed by atoms with Gasteiger partial charge >= 0.3 is 0 Å². The van der Waals surface area contributed by atoms with E-state index in [2.05, 4.69) is 46.6 Å². The van der Waals surface area contributed by atoms with Crippen molar-refractivity contribution in [2.45, 2.75) is 64.2 Å². The summed E-state index contributed by atoms with van der Waals surface area (Å²) in [7, 11) is 0. The molecule has 4 aliphatic carbocycles. The van der Waals surface area contributed by atoms with Crippen molar-refractivity contribution in [2.75, 3.05) is 6.54 Å². The molecule has 1 heterocycles. The summed E-state index contributed by atoms with van der Waals surface area (Å²) < 4.78 is 5.17. The first-order valence-corrected chi connectivity index (χ1v) is 10.6. The lowest BCUT2D eigenvalue weighted by Crippen LogP contribution is -2.59. The normalized spacial score (nSPS) is 33.2. The van der Waals surface area contributed by atoms with E-state index in [4.69, 9.17) is 4.52 Å². The van der Waals surface area contributed by atoms with Crippen LogP contribution in [0.15, 0.2) is 28.8 Å². The lowest BCUT2D eigenvalue weighted by Gasteiger charge is -2.61. The molecule has 0 aliphatic heterocycles. The molecule has 1 amide bonds. The Kier molecular flexibility index (Phi) is 4.11. The van der Waals surface area contributed by atoms with Crippen LogP contribution >= 0.6 is 0 Å². The van der Waals surface area contributed by atoms with Crippen LogP contribution < -0.4 is 5.32 Å². The summed E-state index contributed by atoms with van der Waals surface area (Å²) in [6, 6.07) is 9.08. The van der Waals surface area contributed by atoms with Gasteiger partial charge in [0.05, 0.1) is 5.41 Å². The molecule has 0 saturated heterocycles. The molecule has 2 unspecified atom stereocenters. The van der Waals surface area contributed by atoms with Crippen LogP contribution in [0.5, 0.6) is 0 Å². The number of aromatic nitrogens is 2. The van der Waals surface area contributed by atoms with Gasteiger partial charge in [0, 0.05) is 13.0 Å². The average molecular weight is 380 g/mol. The summed E-state index contributed by atoms with van der Waals surface area (Å²) in [6.45, 7) is 4.52. The quantitative estimate of drug-likeness (QED) is 0.856. The molecule has 148 valence electrons. The molecule has 2 atom stereocenters. The van der Waals surface area contributed by atoms with Crippen LogP contribution in [-0.2, 0) is 16.6 Å². The van der Waals surface area contributed by atoms with Gasteiger partial charge in [0.2, 0.25) is 11.8 Å². The number of rotatable bonds is 5. The maximum atomic E-state index is 13.3. The molecule has 1 aromatic carbocycles. The molecule has 4 aliphatic rings. The maximum absolute atomic E-state index is 13.3. The van der Waals surface area contributed by atoms with Gasteiger partial charge in [0.15, 0.2) is 5.82 Å². The van der Waals surface area contributed by atoms with Crippen molar-refractivity contribution in [3.05, 3.63) is 47.1 Å².